The number of carbonyl (C=O) groups is 3. The van der Waals surface area contributed by atoms with E-state index in [0.717, 1.165) is 35.0 Å². The molecule has 5 rings (SSSR count). The number of hydrogen-bond donors (Lipinski definition) is 3. The standard InChI is InChI=1S/C38H29ClF3N3O3S/c1-24-9-8-10-25(21-24)22-33(45-35(46)27-13-6-3-7-14-27)36(47)43-29-16-18-30(19-17-29)49-34(26-11-4-2-5-12-26)37(48)44-32-20-15-28(39)23-31(32)38(40,41)42/h2-23,34H,1H3,(H,43,47)(H,44,48)(H,45,46)/b33-22-. The van der Waals surface area contributed by atoms with E-state index in [1.165, 1.54) is 6.07 Å². The molecule has 0 aliphatic rings. The molecule has 3 N–H and O–H groups in total. The van der Waals surface area contributed by atoms with Crippen molar-refractivity contribution >= 4 is 58.5 Å². The van der Waals surface area contributed by atoms with Gasteiger partial charge in [-0.15, -0.1) is 11.8 Å². The van der Waals surface area contributed by atoms with Crippen LogP contribution >= 0.6 is 23.4 Å². The smallest absolute Gasteiger partial charge is 0.324 e. The quantitative estimate of drug-likeness (QED) is 0.100. The number of benzene rings is 5. The van der Waals surface area contributed by atoms with E-state index in [-0.39, 0.29) is 10.7 Å². The van der Waals surface area contributed by atoms with Crippen molar-refractivity contribution in [2.24, 2.45) is 0 Å². The molecule has 248 valence electrons. The van der Waals surface area contributed by atoms with Gasteiger partial charge in [0.25, 0.3) is 11.8 Å². The lowest BCUT2D eigenvalue weighted by Gasteiger charge is -2.20. The first-order chi connectivity index (χ1) is 23.5. The third-order valence-electron chi connectivity index (χ3n) is 7.13. The van der Waals surface area contributed by atoms with Gasteiger partial charge in [-0.2, -0.15) is 13.2 Å². The molecule has 0 heterocycles. The molecule has 1 atom stereocenters. The summed E-state index contributed by atoms with van der Waals surface area (Å²) in [6.07, 6.45) is -3.15. The highest BCUT2D eigenvalue weighted by atomic mass is 35.5. The Kier molecular flexibility index (Phi) is 11.2. The van der Waals surface area contributed by atoms with Crippen molar-refractivity contribution in [3.8, 4) is 0 Å². The summed E-state index contributed by atoms with van der Waals surface area (Å²) in [5, 5.41) is 6.91. The number of halogens is 4. The zero-order valence-corrected chi connectivity index (χ0v) is 27.5. The van der Waals surface area contributed by atoms with E-state index < -0.39 is 40.4 Å². The van der Waals surface area contributed by atoms with Gasteiger partial charge < -0.3 is 16.0 Å². The summed E-state index contributed by atoms with van der Waals surface area (Å²) < 4.78 is 41.2. The predicted octanol–water partition coefficient (Wildman–Crippen LogP) is 9.55. The van der Waals surface area contributed by atoms with Gasteiger partial charge in [0.1, 0.15) is 10.9 Å². The molecule has 3 amide bonds. The van der Waals surface area contributed by atoms with Crippen LogP contribution in [0.5, 0.6) is 0 Å². The molecule has 6 nitrogen and oxygen atoms in total. The summed E-state index contributed by atoms with van der Waals surface area (Å²) in [6, 6.07) is 34.4. The topological polar surface area (TPSA) is 87.3 Å². The Hall–Kier alpha value is -5.32. The fourth-order valence-corrected chi connectivity index (χ4v) is 5.98. The largest absolute Gasteiger partial charge is 0.418 e. The zero-order chi connectivity index (χ0) is 35.0. The van der Waals surface area contributed by atoms with E-state index in [9.17, 15) is 27.6 Å². The van der Waals surface area contributed by atoms with E-state index in [0.29, 0.717) is 21.7 Å². The van der Waals surface area contributed by atoms with Crippen LogP contribution in [0.2, 0.25) is 5.02 Å². The molecule has 5 aromatic carbocycles. The number of alkyl halides is 3. The number of rotatable bonds is 10. The fraction of sp³-hybridized carbons (Fsp3) is 0.0789. The number of aryl methyl sites for hydroxylation is 1. The highest BCUT2D eigenvalue weighted by Crippen LogP contribution is 2.40. The van der Waals surface area contributed by atoms with E-state index in [4.69, 9.17) is 11.6 Å². The van der Waals surface area contributed by atoms with Gasteiger partial charge in [-0.05, 0) is 78.7 Å². The van der Waals surface area contributed by atoms with Gasteiger partial charge in [-0.25, -0.2) is 0 Å². The minimum Gasteiger partial charge on any atom is -0.324 e. The maximum Gasteiger partial charge on any atom is 0.418 e. The molecule has 0 saturated heterocycles. The monoisotopic (exact) mass is 699 g/mol. The number of carbonyl (C=O) groups excluding carboxylic acids is 3. The number of amides is 3. The van der Waals surface area contributed by atoms with Crippen LogP contribution in [0.15, 0.2) is 138 Å². The van der Waals surface area contributed by atoms with Crippen molar-refractivity contribution in [3.05, 3.63) is 166 Å². The van der Waals surface area contributed by atoms with Crippen LogP contribution in [0.4, 0.5) is 24.5 Å². The van der Waals surface area contributed by atoms with Crippen molar-refractivity contribution in [1.82, 2.24) is 5.32 Å². The molecule has 0 aliphatic carbocycles. The molecule has 0 bridgehead atoms. The number of hydrogen-bond acceptors (Lipinski definition) is 4. The highest BCUT2D eigenvalue weighted by Gasteiger charge is 2.35. The van der Waals surface area contributed by atoms with E-state index in [1.807, 2.05) is 31.2 Å². The summed E-state index contributed by atoms with van der Waals surface area (Å²) in [6.45, 7) is 1.92. The highest BCUT2D eigenvalue weighted by molar-refractivity contribution is 8.00. The Morgan fingerprint density at radius 1 is 0.776 bits per heavy atom. The zero-order valence-electron chi connectivity index (χ0n) is 25.9. The van der Waals surface area contributed by atoms with Crippen molar-refractivity contribution in [3.63, 3.8) is 0 Å². The normalized spacial score (nSPS) is 12.1. The Bertz CT molecular complexity index is 1990. The lowest BCUT2D eigenvalue weighted by molar-refractivity contribution is -0.137. The minimum atomic E-state index is -4.73. The maximum absolute atomic E-state index is 13.7. The second-order valence-electron chi connectivity index (χ2n) is 10.9. The molecule has 1 unspecified atom stereocenters. The first kappa shape index (κ1) is 35.0. The van der Waals surface area contributed by atoms with E-state index in [1.54, 1.807) is 91.0 Å². The summed E-state index contributed by atoms with van der Waals surface area (Å²) in [5.74, 6) is -1.68. The summed E-state index contributed by atoms with van der Waals surface area (Å²) in [7, 11) is 0. The Morgan fingerprint density at radius 2 is 1.45 bits per heavy atom. The van der Waals surface area contributed by atoms with Crippen LogP contribution in [-0.2, 0) is 15.8 Å². The number of nitrogens with one attached hydrogen (secondary N) is 3. The molecule has 0 radical (unpaired) electrons. The van der Waals surface area contributed by atoms with Crippen LogP contribution < -0.4 is 16.0 Å². The van der Waals surface area contributed by atoms with Crippen molar-refractivity contribution in [2.75, 3.05) is 10.6 Å². The Morgan fingerprint density at radius 3 is 2.10 bits per heavy atom. The van der Waals surface area contributed by atoms with Crippen LogP contribution in [0, 0.1) is 6.92 Å². The first-order valence-corrected chi connectivity index (χ1v) is 16.2. The first-order valence-electron chi connectivity index (χ1n) is 14.9. The summed E-state index contributed by atoms with van der Waals surface area (Å²) >= 11 is 6.94. The van der Waals surface area contributed by atoms with Crippen LogP contribution in [0.25, 0.3) is 6.08 Å². The molecule has 0 aromatic heterocycles. The van der Waals surface area contributed by atoms with E-state index >= 15 is 0 Å². The van der Waals surface area contributed by atoms with Gasteiger partial charge in [-0.1, -0.05) is 90.0 Å². The lowest BCUT2D eigenvalue weighted by Crippen LogP contribution is -2.30. The molecular formula is C38H29ClF3N3O3S. The SMILES string of the molecule is Cc1cccc(/C=C(\NC(=O)c2ccccc2)C(=O)Nc2ccc(SC(C(=O)Nc3ccc(Cl)cc3C(F)(F)F)c3ccccc3)cc2)c1. The van der Waals surface area contributed by atoms with Gasteiger partial charge >= 0.3 is 6.18 Å². The molecule has 0 saturated carbocycles. The van der Waals surface area contributed by atoms with Crippen LogP contribution in [0.3, 0.4) is 0 Å². The Labute approximate surface area is 290 Å². The third kappa shape index (κ3) is 9.62. The summed E-state index contributed by atoms with van der Waals surface area (Å²) in [4.78, 5) is 40.5. The average Bonchev–Trinajstić information content (AvgIpc) is 3.08. The molecule has 5 aromatic rings. The van der Waals surface area contributed by atoms with Crippen molar-refractivity contribution < 1.29 is 27.6 Å². The average molecular weight is 700 g/mol. The molecule has 0 spiro atoms. The minimum absolute atomic E-state index is 0.0270. The third-order valence-corrected chi connectivity index (χ3v) is 8.63. The van der Waals surface area contributed by atoms with Gasteiger partial charge in [-0.3, -0.25) is 14.4 Å². The van der Waals surface area contributed by atoms with Gasteiger partial charge in [0.15, 0.2) is 0 Å². The fourth-order valence-electron chi connectivity index (χ4n) is 4.78. The van der Waals surface area contributed by atoms with Gasteiger partial charge in [0, 0.05) is 21.2 Å². The number of anilines is 2. The van der Waals surface area contributed by atoms with Crippen molar-refractivity contribution in [1.29, 1.82) is 0 Å². The number of thioether (sulfide) groups is 1. The van der Waals surface area contributed by atoms with E-state index in [2.05, 4.69) is 16.0 Å². The predicted molar refractivity (Wildman–Crippen MR) is 188 cm³/mol. The van der Waals surface area contributed by atoms with Crippen LogP contribution in [-0.4, -0.2) is 17.7 Å². The molecule has 49 heavy (non-hydrogen) atoms. The molecule has 0 fully saturated rings. The lowest BCUT2D eigenvalue weighted by atomic mass is 10.1. The molecule has 0 aliphatic heterocycles. The maximum atomic E-state index is 13.7. The molecule has 11 heteroatoms. The Balaban J connectivity index is 1.35. The summed E-state index contributed by atoms with van der Waals surface area (Å²) in [5.41, 5.74) is 1.63. The van der Waals surface area contributed by atoms with Crippen LogP contribution in [0.1, 0.15) is 37.9 Å². The van der Waals surface area contributed by atoms with Crippen molar-refractivity contribution in [2.45, 2.75) is 23.2 Å². The van der Waals surface area contributed by atoms with Gasteiger partial charge in [0.05, 0.1) is 11.3 Å². The molecular weight excluding hydrogens is 671 g/mol. The second kappa shape index (κ2) is 15.7. The van der Waals surface area contributed by atoms with Gasteiger partial charge in [0.2, 0.25) is 5.91 Å². The second-order valence-corrected chi connectivity index (χ2v) is 12.5.